The highest BCUT2D eigenvalue weighted by atomic mass is 15.0. The molecule has 2 aromatic carbocycles. The van der Waals surface area contributed by atoms with Crippen LogP contribution < -0.4 is 10.6 Å². The summed E-state index contributed by atoms with van der Waals surface area (Å²) in [4.78, 5) is 0. The second-order valence-corrected chi connectivity index (χ2v) is 4.01. The standard InChI is InChI=1S/C14H11N3/c15-8-10-5-6-13-14(7-10)16-9-11-3-1-2-4-12(11)17-13/h1-7,16-17H,9H2. The molecule has 3 heteroatoms. The SMILES string of the molecule is N#Cc1ccc2c(c1)NCc1ccccc1N2. The van der Waals surface area contributed by atoms with Crippen molar-refractivity contribution in [2.75, 3.05) is 10.6 Å². The van der Waals surface area contributed by atoms with E-state index < -0.39 is 0 Å². The molecule has 0 amide bonds. The minimum atomic E-state index is 0.670. The predicted octanol–water partition coefficient (Wildman–Crippen LogP) is 3.23. The minimum absolute atomic E-state index is 0.670. The Morgan fingerprint density at radius 3 is 2.76 bits per heavy atom. The zero-order chi connectivity index (χ0) is 11.7. The molecule has 0 spiro atoms. The fourth-order valence-corrected chi connectivity index (χ4v) is 2.00. The van der Waals surface area contributed by atoms with Gasteiger partial charge in [0, 0.05) is 12.2 Å². The van der Waals surface area contributed by atoms with Crippen molar-refractivity contribution in [3.8, 4) is 6.07 Å². The summed E-state index contributed by atoms with van der Waals surface area (Å²) in [5.74, 6) is 0. The maximum absolute atomic E-state index is 8.88. The monoisotopic (exact) mass is 221 g/mol. The summed E-state index contributed by atoms with van der Waals surface area (Å²) < 4.78 is 0. The highest BCUT2D eigenvalue weighted by Crippen LogP contribution is 2.32. The van der Waals surface area contributed by atoms with Crippen molar-refractivity contribution in [1.82, 2.24) is 0 Å². The van der Waals surface area contributed by atoms with Gasteiger partial charge in [-0.3, -0.25) is 0 Å². The number of anilines is 3. The zero-order valence-electron chi connectivity index (χ0n) is 9.20. The molecule has 17 heavy (non-hydrogen) atoms. The average Bonchev–Trinajstić information content (AvgIpc) is 2.57. The highest BCUT2D eigenvalue weighted by Gasteiger charge is 2.11. The van der Waals surface area contributed by atoms with Gasteiger partial charge in [-0.15, -0.1) is 0 Å². The lowest BCUT2D eigenvalue weighted by Gasteiger charge is -2.08. The molecule has 0 radical (unpaired) electrons. The predicted molar refractivity (Wildman–Crippen MR) is 68.2 cm³/mol. The van der Waals surface area contributed by atoms with Gasteiger partial charge < -0.3 is 10.6 Å². The molecule has 1 aliphatic heterocycles. The van der Waals surface area contributed by atoms with Crippen LogP contribution in [0.4, 0.5) is 17.1 Å². The molecule has 1 aliphatic rings. The molecular weight excluding hydrogens is 210 g/mol. The molecular formula is C14H11N3. The van der Waals surface area contributed by atoms with Crippen LogP contribution in [0.25, 0.3) is 0 Å². The number of nitrogens with one attached hydrogen (secondary N) is 2. The number of nitriles is 1. The van der Waals surface area contributed by atoms with Gasteiger partial charge in [-0.2, -0.15) is 5.26 Å². The van der Waals surface area contributed by atoms with E-state index in [1.165, 1.54) is 5.56 Å². The van der Waals surface area contributed by atoms with E-state index in [2.05, 4.69) is 28.8 Å². The van der Waals surface area contributed by atoms with E-state index in [0.29, 0.717) is 5.56 Å². The lowest BCUT2D eigenvalue weighted by molar-refractivity contribution is 1.17. The van der Waals surface area contributed by atoms with Crippen LogP contribution in [0, 0.1) is 11.3 Å². The lowest BCUT2D eigenvalue weighted by Crippen LogP contribution is -1.97. The second kappa shape index (κ2) is 3.84. The van der Waals surface area contributed by atoms with Gasteiger partial charge >= 0.3 is 0 Å². The van der Waals surface area contributed by atoms with Crippen molar-refractivity contribution in [2.24, 2.45) is 0 Å². The van der Waals surface area contributed by atoms with Gasteiger partial charge in [-0.05, 0) is 29.8 Å². The summed E-state index contributed by atoms with van der Waals surface area (Å²) in [6.07, 6.45) is 0. The third-order valence-electron chi connectivity index (χ3n) is 2.90. The molecule has 0 saturated heterocycles. The number of hydrogen-bond donors (Lipinski definition) is 2. The number of rotatable bonds is 0. The Balaban J connectivity index is 2.07. The number of nitrogens with zero attached hydrogens (tertiary/aromatic N) is 1. The van der Waals surface area contributed by atoms with Crippen LogP contribution in [-0.2, 0) is 6.54 Å². The Morgan fingerprint density at radius 1 is 1.00 bits per heavy atom. The van der Waals surface area contributed by atoms with Gasteiger partial charge in [0.05, 0.1) is 23.0 Å². The molecule has 82 valence electrons. The average molecular weight is 221 g/mol. The van der Waals surface area contributed by atoms with Crippen LogP contribution in [0.15, 0.2) is 42.5 Å². The summed E-state index contributed by atoms with van der Waals surface area (Å²) in [5.41, 5.74) is 4.99. The largest absolute Gasteiger partial charge is 0.379 e. The first-order valence-electron chi connectivity index (χ1n) is 5.50. The van der Waals surface area contributed by atoms with E-state index in [1.54, 1.807) is 0 Å². The summed E-state index contributed by atoms with van der Waals surface area (Å²) >= 11 is 0. The van der Waals surface area contributed by atoms with Crippen LogP contribution in [0.1, 0.15) is 11.1 Å². The Hall–Kier alpha value is -2.47. The molecule has 2 aromatic rings. The maximum atomic E-state index is 8.88. The molecule has 0 bridgehead atoms. The Kier molecular flexibility index (Phi) is 2.20. The molecule has 2 N–H and O–H groups in total. The summed E-state index contributed by atoms with van der Waals surface area (Å²) in [6, 6.07) is 16.0. The topological polar surface area (TPSA) is 47.9 Å². The molecule has 3 nitrogen and oxygen atoms in total. The van der Waals surface area contributed by atoms with Gasteiger partial charge in [-0.1, -0.05) is 18.2 Å². The van der Waals surface area contributed by atoms with E-state index in [1.807, 2.05) is 30.3 Å². The molecule has 0 unspecified atom stereocenters. The van der Waals surface area contributed by atoms with Crippen molar-refractivity contribution in [3.05, 3.63) is 53.6 Å². The molecule has 0 fully saturated rings. The van der Waals surface area contributed by atoms with Crippen LogP contribution in [0.3, 0.4) is 0 Å². The number of para-hydroxylation sites is 1. The van der Waals surface area contributed by atoms with Crippen LogP contribution in [0.5, 0.6) is 0 Å². The fraction of sp³-hybridized carbons (Fsp3) is 0.0714. The van der Waals surface area contributed by atoms with E-state index in [-0.39, 0.29) is 0 Å². The normalized spacial score (nSPS) is 12.2. The van der Waals surface area contributed by atoms with E-state index >= 15 is 0 Å². The second-order valence-electron chi connectivity index (χ2n) is 4.01. The number of benzene rings is 2. The number of fused-ring (bicyclic) bond motifs is 2. The van der Waals surface area contributed by atoms with Crippen LogP contribution in [-0.4, -0.2) is 0 Å². The third kappa shape index (κ3) is 1.70. The van der Waals surface area contributed by atoms with Crippen molar-refractivity contribution < 1.29 is 0 Å². The molecule has 0 aromatic heterocycles. The molecule has 3 rings (SSSR count). The third-order valence-corrected chi connectivity index (χ3v) is 2.90. The van der Waals surface area contributed by atoms with Crippen LogP contribution in [0.2, 0.25) is 0 Å². The van der Waals surface area contributed by atoms with Gasteiger partial charge in [0.15, 0.2) is 0 Å². The summed E-state index contributed by atoms with van der Waals surface area (Å²) in [5, 5.41) is 15.6. The van der Waals surface area contributed by atoms with Crippen molar-refractivity contribution in [2.45, 2.75) is 6.54 Å². The van der Waals surface area contributed by atoms with E-state index in [0.717, 1.165) is 23.6 Å². The number of hydrogen-bond acceptors (Lipinski definition) is 3. The maximum Gasteiger partial charge on any atom is 0.0992 e. The van der Waals surface area contributed by atoms with Crippen LogP contribution >= 0.6 is 0 Å². The Bertz CT molecular complexity index is 611. The molecule has 0 aliphatic carbocycles. The zero-order valence-corrected chi connectivity index (χ0v) is 9.20. The Labute approximate surface area is 99.7 Å². The minimum Gasteiger partial charge on any atom is -0.379 e. The molecule has 1 heterocycles. The highest BCUT2D eigenvalue weighted by molar-refractivity contribution is 5.79. The van der Waals surface area contributed by atoms with E-state index in [9.17, 15) is 0 Å². The van der Waals surface area contributed by atoms with Gasteiger partial charge in [0.2, 0.25) is 0 Å². The lowest BCUT2D eigenvalue weighted by atomic mass is 10.2. The molecule has 0 atom stereocenters. The first-order valence-corrected chi connectivity index (χ1v) is 5.50. The first kappa shape index (κ1) is 9.73. The van der Waals surface area contributed by atoms with Gasteiger partial charge in [0.1, 0.15) is 0 Å². The first-order chi connectivity index (χ1) is 8.36. The summed E-state index contributed by atoms with van der Waals surface area (Å²) in [7, 11) is 0. The van der Waals surface area contributed by atoms with Crippen molar-refractivity contribution in [3.63, 3.8) is 0 Å². The van der Waals surface area contributed by atoms with Gasteiger partial charge in [0.25, 0.3) is 0 Å². The van der Waals surface area contributed by atoms with Gasteiger partial charge in [-0.25, -0.2) is 0 Å². The van der Waals surface area contributed by atoms with Crippen molar-refractivity contribution >= 4 is 17.1 Å². The molecule has 0 saturated carbocycles. The summed E-state index contributed by atoms with van der Waals surface area (Å²) in [6.45, 7) is 0.769. The van der Waals surface area contributed by atoms with Crippen molar-refractivity contribution in [1.29, 1.82) is 5.26 Å². The smallest absolute Gasteiger partial charge is 0.0992 e. The van der Waals surface area contributed by atoms with E-state index in [4.69, 9.17) is 5.26 Å². The fourth-order valence-electron chi connectivity index (χ4n) is 2.00. The quantitative estimate of drug-likeness (QED) is 0.718. The Morgan fingerprint density at radius 2 is 1.88 bits per heavy atom.